The van der Waals surface area contributed by atoms with Gasteiger partial charge in [0.15, 0.2) is 0 Å². The second-order valence-electron chi connectivity index (χ2n) is 4.57. The molecular formula is C14H20FNOS. The van der Waals surface area contributed by atoms with Crippen molar-refractivity contribution in [3.05, 3.63) is 29.6 Å². The molecule has 1 saturated carbocycles. The maximum atomic E-state index is 13.8. The lowest BCUT2D eigenvalue weighted by Gasteiger charge is -2.11. The predicted octanol–water partition coefficient (Wildman–Crippen LogP) is 3.21. The minimum Gasteiger partial charge on any atom is -0.385 e. The van der Waals surface area contributed by atoms with E-state index in [1.165, 1.54) is 12.8 Å². The van der Waals surface area contributed by atoms with E-state index in [-0.39, 0.29) is 5.82 Å². The standard InChI is InChI=1S/C14H20FNOS/c1-17-8-3-9-18-14-5-2-4-13(15)12(14)10-16-11-6-7-11/h2,4-5,11,16H,3,6-10H2,1H3. The Labute approximate surface area is 112 Å². The van der Waals surface area contributed by atoms with Gasteiger partial charge in [-0.3, -0.25) is 0 Å². The van der Waals surface area contributed by atoms with Gasteiger partial charge in [-0.1, -0.05) is 6.07 Å². The fourth-order valence-electron chi connectivity index (χ4n) is 1.76. The van der Waals surface area contributed by atoms with Crippen molar-refractivity contribution in [2.45, 2.75) is 36.7 Å². The highest BCUT2D eigenvalue weighted by Crippen LogP contribution is 2.27. The van der Waals surface area contributed by atoms with Crippen LogP contribution in [0.3, 0.4) is 0 Å². The van der Waals surface area contributed by atoms with E-state index in [0.29, 0.717) is 12.6 Å². The molecule has 1 aliphatic rings. The van der Waals surface area contributed by atoms with Crippen molar-refractivity contribution in [3.8, 4) is 0 Å². The van der Waals surface area contributed by atoms with Crippen molar-refractivity contribution in [3.63, 3.8) is 0 Å². The highest BCUT2D eigenvalue weighted by atomic mass is 32.2. The van der Waals surface area contributed by atoms with Crippen LogP contribution in [0, 0.1) is 5.82 Å². The van der Waals surface area contributed by atoms with E-state index in [0.717, 1.165) is 29.2 Å². The van der Waals surface area contributed by atoms with Crippen molar-refractivity contribution in [1.29, 1.82) is 0 Å². The Bertz CT molecular complexity index is 382. The summed E-state index contributed by atoms with van der Waals surface area (Å²) in [5, 5.41) is 3.38. The van der Waals surface area contributed by atoms with Gasteiger partial charge < -0.3 is 10.1 Å². The van der Waals surface area contributed by atoms with Crippen LogP contribution in [0.2, 0.25) is 0 Å². The molecule has 4 heteroatoms. The lowest BCUT2D eigenvalue weighted by molar-refractivity contribution is 0.200. The molecule has 1 aromatic rings. The minimum absolute atomic E-state index is 0.0973. The van der Waals surface area contributed by atoms with Crippen LogP contribution in [0.4, 0.5) is 4.39 Å². The van der Waals surface area contributed by atoms with E-state index < -0.39 is 0 Å². The zero-order chi connectivity index (χ0) is 12.8. The molecule has 1 aromatic carbocycles. The predicted molar refractivity (Wildman–Crippen MR) is 73.5 cm³/mol. The van der Waals surface area contributed by atoms with Crippen LogP contribution in [0.25, 0.3) is 0 Å². The van der Waals surface area contributed by atoms with Gasteiger partial charge in [0.2, 0.25) is 0 Å². The topological polar surface area (TPSA) is 21.3 Å². The molecule has 100 valence electrons. The fraction of sp³-hybridized carbons (Fsp3) is 0.571. The second-order valence-corrected chi connectivity index (χ2v) is 5.70. The molecule has 0 radical (unpaired) electrons. The van der Waals surface area contributed by atoms with Crippen molar-refractivity contribution in [1.82, 2.24) is 5.32 Å². The summed E-state index contributed by atoms with van der Waals surface area (Å²) in [4.78, 5) is 1.05. The van der Waals surface area contributed by atoms with Crippen LogP contribution in [0.5, 0.6) is 0 Å². The Morgan fingerprint density at radius 2 is 2.28 bits per heavy atom. The number of nitrogens with one attached hydrogen (secondary N) is 1. The zero-order valence-electron chi connectivity index (χ0n) is 10.7. The average molecular weight is 269 g/mol. The Hall–Kier alpha value is -0.580. The molecule has 0 aromatic heterocycles. The number of hydrogen-bond acceptors (Lipinski definition) is 3. The molecule has 0 amide bonds. The quantitative estimate of drug-likeness (QED) is 0.578. The van der Waals surface area contributed by atoms with E-state index in [1.807, 2.05) is 6.07 Å². The zero-order valence-corrected chi connectivity index (χ0v) is 11.6. The number of rotatable bonds is 8. The van der Waals surface area contributed by atoms with E-state index in [2.05, 4.69) is 5.32 Å². The van der Waals surface area contributed by atoms with Crippen LogP contribution in [0.15, 0.2) is 23.1 Å². The van der Waals surface area contributed by atoms with Crippen molar-refractivity contribution in [2.75, 3.05) is 19.5 Å². The first-order chi connectivity index (χ1) is 8.81. The van der Waals surface area contributed by atoms with Crippen LogP contribution < -0.4 is 5.32 Å². The first-order valence-electron chi connectivity index (χ1n) is 6.44. The summed E-state index contributed by atoms with van der Waals surface area (Å²) in [5.41, 5.74) is 0.812. The second kappa shape index (κ2) is 7.12. The van der Waals surface area contributed by atoms with Crippen LogP contribution in [0.1, 0.15) is 24.8 Å². The van der Waals surface area contributed by atoms with E-state index in [9.17, 15) is 4.39 Å². The Kier molecular flexibility index (Phi) is 5.47. The summed E-state index contributed by atoms with van der Waals surface area (Å²) in [6.07, 6.45) is 3.45. The molecule has 1 N–H and O–H groups in total. The lowest BCUT2D eigenvalue weighted by atomic mass is 10.2. The third-order valence-electron chi connectivity index (χ3n) is 2.97. The highest BCUT2D eigenvalue weighted by molar-refractivity contribution is 7.99. The van der Waals surface area contributed by atoms with Crippen molar-refractivity contribution >= 4 is 11.8 Å². The summed E-state index contributed by atoms with van der Waals surface area (Å²) in [6, 6.07) is 5.94. The molecule has 18 heavy (non-hydrogen) atoms. The van der Waals surface area contributed by atoms with Crippen molar-refractivity contribution in [2.24, 2.45) is 0 Å². The van der Waals surface area contributed by atoms with Crippen LogP contribution in [-0.4, -0.2) is 25.5 Å². The largest absolute Gasteiger partial charge is 0.385 e. The molecule has 0 bridgehead atoms. The van der Waals surface area contributed by atoms with Gasteiger partial charge in [-0.2, -0.15) is 0 Å². The molecule has 0 atom stereocenters. The third-order valence-corrected chi connectivity index (χ3v) is 4.16. The van der Waals surface area contributed by atoms with Gasteiger partial charge in [-0.25, -0.2) is 4.39 Å². The summed E-state index contributed by atoms with van der Waals surface area (Å²) >= 11 is 1.71. The molecule has 0 heterocycles. The number of benzene rings is 1. The lowest BCUT2D eigenvalue weighted by Crippen LogP contribution is -2.17. The van der Waals surface area contributed by atoms with Gasteiger partial charge in [0.25, 0.3) is 0 Å². The van der Waals surface area contributed by atoms with Gasteiger partial charge in [0.05, 0.1) is 0 Å². The first-order valence-corrected chi connectivity index (χ1v) is 7.42. The molecule has 1 fully saturated rings. The summed E-state index contributed by atoms with van der Waals surface area (Å²) in [6.45, 7) is 1.40. The normalized spacial score (nSPS) is 15.0. The minimum atomic E-state index is -0.0973. The van der Waals surface area contributed by atoms with Crippen molar-refractivity contribution < 1.29 is 9.13 Å². The van der Waals surface area contributed by atoms with E-state index in [1.54, 1.807) is 31.0 Å². The number of hydrogen-bond donors (Lipinski definition) is 1. The highest BCUT2D eigenvalue weighted by Gasteiger charge is 2.21. The molecule has 2 nitrogen and oxygen atoms in total. The fourth-order valence-corrected chi connectivity index (χ4v) is 2.77. The first kappa shape index (κ1) is 13.8. The van der Waals surface area contributed by atoms with E-state index >= 15 is 0 Å². The van der Waals surface area contributed by atoms with Crippen LogP contribution >= 0.6 is 11.8 Å². The Morgan fingerprint density at radius 3 is 3.00 bits per heavy atom. The maximum Gasteiger partial charge on any atom is 0.128 e. The number of thioether (sulfide) groups is 1. The average Bonchev–Trinajstić information content (AvgIpc) is 3.18. The Balaban J connectivity index is 1.91. The molecule has 0 spiro atoms. The molecule has 0 saturated heterocycles. The van der Waals surface area contributed by atoms with Gasteiger partial charge in [0.1, 0.15) is 5.82 Å². The smallest absolute Gasteiger partial charge is 0.128 e. The summed E-state index contributed by atoms with van der Waals surface area (Å²) < 4.78 is 18.8. The molecule has 0 unspecified atom stereocenters. The molecule has 2 rings (SSSR count). The van der Waals surface area contributed by atoms with Gasteiger partial charge in [0, 0.05) is 42.5 Å². The molecular weight excluding hydrogens is 249 g/mol. The van der Waals surface area contributed by atoms with Gasteiger partial charge in [-0.05, 0) is 31.4 Å². The van der Waals surface area contributed by atoms with Gasteiger partial charge in [-0.15, -0.1) is 11.8 Å². The number of halogens is 1. The maximum absolute atomic E-state index is 13.8. The third kappa shape index (κ3) is 4.26. The number of ether oxygens (including phenoxy) is 1. The van der Waals surface area contributed by atoms with Gasteiger partial charge >= 0.3 is 0 Å². The SMILES string of the molecule is COCCCSc1cccc(F)c1CNC1CC1. The molecule has 0 aliphatic heterocycles. The summed E-state index contributed by atoms with van der Waals surface area (Å²) in [5.74, 6) is 0.869. The van der Waals surface area contributed by atoms with E-state index in [4.69, 9.17) is 4.74 Å². The summed E-state index contributed by atoms with van der Waals surface area (Å²) in [7, 11) is 1.71. The monoisotopic (exact) mass is 269 g/mol. The Morgan fingerprint density at radius 1 is 1.44 bits per heavy atom. The molecule has 1 aliphatic carbocycles. The van der Waals surface area contributed by atoms with Crippen LogP contribution in [-0.2, 0) is 11.3 Å². The number of methoxy groups -OCH3 is 1.